The van der Waals surface area contributed by atoms with Gasteiger partial charge in [0, 0.05) is 18.9 Å². The minimum absolute atomic E-state index is 0.164. The topological polar surface area (TPSA) is 47.6 Å². The molecule has 0 saturated carbocycles. The van der Waals surface area contributed by atoms with Crippen LogP contribution in [0.2, 0.25) is 0 Å². The lowest BCUT2D eigenvalue weighted by atomic mass is 9.97. The maximum atomic E-state index is 10.6. The Kier molecular flexibility index (Phi) is 6.52. The molecule has 1 aliphatic rings. The molecule has 4 nitrogen and oxygen atoms in total. The van der Waals surface area contributed by atoms with Gasteiger partial charge in [0.1, 0.15) is 0 Å². The first-order valence-corrected chi connectivity index (χ1v) is 6.74. The van der Waals surface area contributed by atoms with Crippen molar-refractivity contribution in [2.45, 2.75) is 64.2 Å². The lowest BCUT2D eigenvalue weighted by Crippen LogP contribution is -2.40. The van der Waals surface area contributed by atoms with Crippen molar-refractivity contribution in [3.63, 3.8) is 0 Å². The predicted molar refractivity (Wildman–Crippen MR) is 66.7 cm³/mol. The van der Waals surface area contributed by atoms with Crippen LogP contribution in [0.3, 0.4) is 0 Å². The summed E-state index contributed by atoms with van der Waals surface area (Å²) in [6.07, 6.45) is 6.73. The van der Waals surface area contributed by atoms with Gasteiger partial charge in [0.25, 0.3) is 0 Å². The van der Waals surface area contributed by atoms with Crippen molar-refractivity contribution in [1.82, 2.24) is 5.32 Å². The molecule has 0 aromatic carbocycles. The highest BCUT2D eigenvalue weighted by Crippen LogP contribution is 2.30. The van der Waals surface area contributed by atoms with Crippen molar-refractivity contribution in [3.8, 4) is 0 Å². The van der Waals surface area contributed by atoms with Crippen LogP contribution in [-0.2, 0) is 14.3 Å². The summed E-state index contributed by atoms with van der Waals surface area (Å²) in [5.74, 6) is -0.455. The van der Waals surface area contributed by atoms with E-state index in [1.165, 1.54) is 0 Å². The van der Waals surface area contributed by atoms with Crippen molar-refractivity contribution in [1.29, 1.82) is 0 Å². The molecule has 1 heterocycles. The summed E-state index contributed by atoms with van der Waals surface area (Å²) in [6.45, 7) is 5.62. The van der Waals surface area contributed by atoms with Gasteiger partial charge < -0.3 is 14.8 Å². The smallest absolute Gasteiger partial charge is 0.207 e. The fourth-order valence-corrected chi connectivity index (χ4v) is 2.41. The minimum Gasteiger partial charge on any atom is -0.356 e. The molecule has 1 atom stereocenters. The Morgan fingerprint density at radius 1 is 1.29 bits per heavy atom. The standard InChI is InChI=1S/C13H25NO3/c1-3-5-6-12(14-11-15)10-13(7-4-2)16-8-9-17-13/h11-12H,3-10H2,1-2H3,(H,14,15). The van der Waals surface area contributed by atoms with Gasteiger partial charge in [-0.05, 0) is 6.42 Å². The molecule has 0 radical (unpaired) electrons. The molecule has 0 aromatic heterocycles. The van der Waals surface area contributed by atoms with Crippen LogP contribution in [0.5, 0.6) is 0 Å². The fraction of sp³-hybridized carbons (Fsp3) is 0.923. The molecule has 4 heteroatoms. The SMILES string of the molecule is CCCCC(CC1(CCC)OCCO1)NC=O. The number of hydrogen-bond acceptors (Lipinski definition) is 3. The molecule has 1 amide bonds. The maximum Gasteiger partial charge on any atom is 0.207 e. The number of unbranched alkanes of at least 4 members (excludes halogenated alkanes) is 1. The highest BCUT2D eigenvalue weighted by Gasteiger charge is 2.37. The predicted octanol–water partition coefficient (Wildman–Crippen LogP) is 2.22. The number of carbonyl (C=O) groups excluding carboxylic acids is 1. The second-order valence-corrected chi connectivity index (χ2v) is 4.69. The van der Waals surface area contributed by atoms with Gasteiger partial charge in [-0.25, -0.2) is 0 Å². The normalized spacial score (nSPS) is 20.1. The van der Waals surface area contributed by atoms with E-state index in [1.54, 1.807) is 0 Å². The monoisotopic (exact) mass is 243 g/mol. The summed E-state index contributed by atoms with van der Waals surface area (Å²) in [5.41, 5.74) is 0. The van der Waals surface area contributed by atoms with Crippen molar-refractivity contribution in [2.24, 2.45) is 0 Å². The van der Waals surface area contributed by atoms with E-state index < -0.39 is 5.79 Å². The Morgan fingerprint density at radius 2 is 2.00 bits per heavy atom. The molecule has 0 bridgehead atoms. The Hall–Kier alpha value is -0.610. The third-order valence-corrected chi connectivity index (χ3v) is 3.21. The second-order valence-electron chi connectivity index (χ2n) is 4.69. The quantitative estimate of drug-likeness (QED) is 0.632. The van der Waals surface area contributed by atoms with Gasteiger partial charge in [-0.3, -0.25) is 4.79 Å². The van der Waals surface area contributed by atoms with Crippen molar-refractivity contribution in [3.05, 3.63) is 0 Å². The molecular weight excluding hydrogens is 218 g/mol. The molecule has 100 valence electrons. The van der Waals surface area contributed by atoms with Crippen LogP contribution in [0.1, 0.15) is 52.4 Å². The number of nitrogens with one attached hydrogen (secondary N) is 1. The van der Waals surface area contributed by atoms with Gasteiger partial charge >= 0.3 is 0 Å². The Balaban J connectivity index is 2.51. The van der Waals surface area contributed by atoms with E-state index in [-0.39, 0.29) is 6.04 Å². The lowest BCUT2D eigenvalue weighted by Gasteiger charge is -2.31. The van der Waals surface area contributed by atoms with Crippen LogP contribution in [0, 0.1) is 0 Å². The highest BCUT2D eigenvalue weighted by molar-refractivity contribution is 5.46. The fourth-order valence-electron chi connectivity index (χ4n) is 2.41. The molecule has 1 N–H and O–H groups in total. The first-order valence-electron chi connectivity index (χ1n) is 6.74. The molecule has 1 aliphatic heterocycles. The number of hydrogen-bond donors (Lipinski definition) is 1. The Bertz CT molecular complexity index is 215. The van der Waals surface area contributed by atoms with E-state index in [2.05, 4.69) is 19.2 Å². The molecule has 1 rings (SSSR count). The summed E-state index contributed by atoms with van der Waals surface area (Å²) in [4.78, 5) is 10.6. The lowest BCUT2D eigenvalue weighted by molar-refractivity contribution is -0.171. The molecule has 0 aromatic rings. The maximum absolute atomic E-state index is 10.6. The van der Waals surface area contributed by atoms with Gasteiger partial charge in [0.15, 0.2) is 5.79 Å². The molecule has 1 unspecified atom stereocenters. The molecule has 0 spiro atoms. The first kappa shape index (κ1) is 14.5. The summed E-state index contributed by atoms with van der Waals surface area (Å²) < 4.78 is 11.5. The number of ether oxygens (including phenoxy) is 2. The van der Waals surface area contributed by atoms with Crippen LogP contribution in [0.4, 0.5) is 0 Å². The molecule has 1 fully saturated rings. The number of amides is 1. The zero-order valence-electron chi connectivity index (χ0n) is 11.0. The average Bonchev–Trinajstić information content (AvgIpc) is 2.75. The minimum atomic E-state index is -0.455. The molecule has 0 aliphatic carbocycles. The van der Waals surface area contributed by atoms with Gasteiger partial charge in [0.2, 0.25) is 6.41 Å². The summed E-state index contributed by atoms with van der Waals surface area (Å²) in [6, 6.07) is 0.164. The van der Waals surface area contributed by atoms with E-state index >= 15 is 0 Å². The third-order valence-electron chi connectivity index (χ3n) is 3.21. The van der Waals surface area contributed by atoms with E-state index in [0.29, 0.717) is 13.2 Å². The van der Waals surface area contributed by atoms with Crippen LogP contribution in [0.25, 0.3) is 0 Å². The largest absolute Gasteiger partial charge is 0.356 e. The number of carbonyl (C=O) groups is 1. The van der Waals surface area contributed by atoms with Crippen LogP contribution >= 0.6 is 0 Å². The van der Waals surface area contributed by atoms with Crippen LogP contribution in [-0.4, -0.2) is 31.5 Å². The Labute approximate surface area is 104 Å². The van der Waals surface area contributed by atoms with E-state index in [1.807, 2.05) is 0 Å². The summed E-state index contributed by atoms with van der Waals surface area (Å²) in [7, 11) is 0. The molecule has 17 heavy (non-hydrogen) atoms. The van der Waals surface area contributed by atoms with Crippen LogP contribution < -0.4 is 5.32 Å². The van der Waals surface area contributed by atoms with Gasteiger partial charge in [-0.1, -0.05) is 33.1 Å². The van der Waals surface area contributed by atoms with Gasteiger partial charge in [-0.2, -0.15) is 0 Å². The van der Waals surface area contributed by atoms with E-state index in [4.69, 9.17) is 9.47 Å². The third kappa shape index (κ3) is 4.64. The van der Waals surface area contributed by atoms with Gasteiger partial charge in [0.05, 0.1) is 13.2 Å². The van der Waals surface area contributed by atoms with Crippen LogP contribution in [0.15, 0.2) is 0 Å². The van der Waals surface area contributed by atoms with Gasteiger partial charge in [-0.15, -0.1) is 0 Å². The van der Waals surface area contributed by atoms with E-state index in [9.17, 15) is 4.79 Å². The highest BCUT2D eigenvalue weighted by atomic mass is 16.7. The van der Waals surface area contributed by atoms with E-state index in [0.717, 1.165) is 44.9 Å². The number of rotatable bonds is 9. The van der Waals surface area contributed by atoms with Crippen molar-refractivity contribution >= 4 is 6.41 Å². The average molecular weight is 243 g/mol. The summed E-state index contributed by atoms with van der Waals surface area (Å²) >= 11 is 0. The molecular formula is C13H25NO3. The zero-order valence-corrected chi connectivity index (χ0v) is 11.0. The Morgan fingerprint density at radius 3 is 2.53 bits per heavy atom. The second kappa shape index (κ2) is 7.67. The first-order chi connectivity index (χ1) is 8.26. The van der Waals surface area contributed by atoms with Crippen molar-refractivity contribution < 1.29 is 14.3 Å². The summed E-state index contributed by atoms with van der Waals surface area (Å²) in [5, 5.41) is 2.89. The zero-order chi connectivity index (χ0) is 12.6. The molecule has 1 saturated heterocycles. The van der Waals surface area contributed by atoms with Crippen molar-refractivity contribution in [2.75, 3.05) is 13.2 Å².